The Labute approximate surface area is 156 Å². The molecule has 0 spiro atoms. The monoisotopic (exact) mass is 378 g/mol. The molecule has 2 aromatic rings. The summed E-state index contributed by atoms with van der Waals surface area (Å²) < 4.78 is 7.08. The van der Waals surface area contributed by atoms with Gasteiger partial charge in [-0.2, -0.15) is 9.97 Å². The van der Waals surface area contributed by atoms with Gasteiger partial charge in [-0.25, -0.2) is 4.98 Å². The Morgan fingerprint density at radius 2 is 2.00 bits per heavy atom. The van der Waals surface area contributed by atoms with Crippen molar-refractivity contribution in [1.29, 1.82) is 0 Å². The second-order valence-corrected chi connectivity index (χ2v) is 7.35. The van der Waals surface area contributed by atoms with Crippen LogP contribution >= 0.6 is 0 Å². The van der Waals surface area contributed by atoms with Gasteiger partial charge in [-0.05, 0) is 12.3 Å². The van der Waals surface area contributed by atoms with Crippen LogP contribution in [0.4, 0.5) is 11.8 Å². The number of rotatable bonds is 6. The Balaban J connectivity index is 1.54. The van der Waals surface area contributed by atoms with Crippen LogP contribution in [0.2, 0.25) is 0 Å². The Kier molecular flexibility index (Phi) is 5.13. The van der Waals surface area contributed by atoms with E-state index in [-0.39, 0.29) is 5.82 Å². The molecular weight excluding hydrogens is 352 g/mol. The maximum absolute atomic E-state index is 10.3. The molecule has 6 N–H and O–H groups in total. The van der Waals surface area contributed by atoms with E-state index in [1.165, 1.54) is 36.6 Å². The summed E-state index contributed by atoms with van der Waals surface area (Å²) >= 11 is 0. The van der Waals surface area contributed by atoms with Crippen LogP contribution in [-0.2, 0) is 4.74 Å². The summed E-state index contributed by atoms with van der Waals surface area (Å²) in [6, 6.07) is 0. The first-order chi connectivity index (χ1) is 13.1. The zero-order valence-electron chi connectivity index (χ0n) is 15.0. The van der Waals surface area contributed by atoms with Gasteiger partial charge in [0.1, 0.15) is 23.8 Å². The van der Waals surface area contributed by atoms with E-state index >= 15 is 0 Å². The van der Waals surface area contributed by atoms with Gasteiger partial charge < -0.3 is 31.1 Å². The van der Waals surface area contributed by atoms with Gasteiger partial charge in [0.05, 0.1) is 12.9 Å². The number of imidazole rings is 1. The number of aromatic nitrogens is 4. The molecule has 0 unspecified atom stereocenters. The summed E-state index contributed by atoms with van der Waals surface area (Å²) in [5, 5.41) is 32.8. The number of nitrogens with two attached hydrogens (primary N) is 1. The minimum atomic E-state index is -1.21. The highest BCUT2D eigenvalue weighted by Crippen LogP contribution is 2.32. The zero-order valence-corrected chi connectivity index (χ0v) is 15.0. The summed E-state index contributed by atoms with van der Waals surface area (Å²) in [6.45, 7) is 0.365. The number of nitrogens with one attached hydrogen (secondary N) is 1. The molecule has 0 amide bonds. The van der Waals surface area contributed by atoms with Gasteiger partial charge in [0.2, 0.25) is 5.95 Å². The SMILES string of the molecule is Nc1nc(NCCC2CCCC2)nc2c1ncn2[C@@H]1O[C@H](CO)[C@@H](O)[C@H]1O. The summed E-state index contributed by atoms with van der Waals surface area (Å²) in [6.07, 6.45) is 3.49. The van der Waals surface area contributed by atoms with Crippen molar-refractivity contribution in [3.05, 3.63) is 6.33 Å². The third-order valence-corrected chi connectivity index (χ3v) is 5.55. The predicted molar refractivity (Wildman–Crippen MR) is 97.8 cm³/mol. The van der Waals surface area contributed by atoms with Crippen molar-refractivity contribution in [3.63, 3.8) is 0 Å². The average molecular weight is 378 g/mol. The molecule has 148 valence electrons. The normalized spacial score (nSPS) is 29.0. The van der Waals surface area contributed by atoms with Crippen LogP contribution in [0.3, 0.4) is 0 Å². The lowest BCUT2D eigenvalue weighted by Crippen LogP contribution is -2.33. The lowest BCUT2D eigenvalue weighted by Gasteiger charge is -2.17. The second kappa shape index (κ2) is 7.55. The van der Waals surface area contributed by atoms with Gasteiger partial charge >= 0.3 is 0 Å². The number of nitrogens with zero attached hydrogens (tertiary/aromatic N) is 4. The molecule has 10 heteroatoms. The smallest absolute Gasteiger partial charge is 0.226 e. The Hall–Kier alpha value is -2.01. The summed E-state index contributed by atoms with van der Waals surface area (Å²) in [5.74, 6) is 1.38. The van der Waals surface area contributed by atoms with E-state index in [4.69, 9.17) is 10.5 Å². The zero-order chi connectivity index (χ0) is 19.0. The van der Waals surface area contributed by atoms with Crippen molar-refractivity contribution in [2.24, 2.45) is 5.92 Å². The molecule has 3 heterocycles. The van der Waals surface area contributed by atoms with Crippen molar-refractivity contribution in [2.45, 2.75) is 56.6 Å². The number of aliphatic hydroxyl groups excluding tert-OH is 3. The minimum absolute atomic E-state index is 0.230. The largest absolute Gasteiger partial charge is 0.394 e. The molecule has 1 saturated carbocycles. The van der Waals surface area contributed by atoms with E-state index in [0.717, 1.165) is 18.9 Å². The van der Waals surface area contributed by atoms with Gasteiger partial charge in [-0.3, -0.25) is 4.57 Å². The first kappa shape index (κ1) is 18.4. The number of hydrogen-bond acceptors (Lipinski definition) is 9. The number of nitrogen functional groups attached to an aromatic ring is 1. The van der Waals surface area contributed by atoms with E-state index < -0.39 is 31.1 Å². The lowest BCUT2D eigenvalue weighted by molar-refractivity contribution is -0.0511. The third kappa shape index (κ3) is 3.45. The maximum atomic E-state index is 10.3. The van der Waals surface area contributed by atoms with Crippen molar-refractivity contribution >= 4 is 22.9 Å². The van der Waals surface area contributed by atoms with Gasteiger partial charge in [0.25, 0.3) is 0 Å². The van der Waals surface area contributed by atoms with Crippen LogP contribution in [0.15, 0.2) is 6.33 Å². The van der Waals surface area contributed by atoms with Crippen LogP contribution < -0.4 is 11.1 Å². The van der Waals surface area contributed by atoms with Crippen LogP contribution in [0, 0.1) is 5.92 Å². The van der Waals surface area contributed by atoms with Crippen molar-refractivity contribution in [3.8, 4) is 0 Å². The van der Waals surface area contributed by atoms with E-state index in [0.29, 0.717) is 17.1 Å². The van der Waals surface area contributed by atoms with Gasteiger partial charge in [0, 0.05) is 6.54 Å². The molecule has 10 nitrogen and oxygen atoms in total. The number of hydrogen-bond donors (Lipinski definition) is 5. The highest BCUT2D eigenvalue weighted by atomic mass is 16.6. The molecule has 0 aromatic carbocycles. The Morgan fingerprint density at radius 1 is 1.22 bits per heavy atom. The topological polar surface area (TPSA) is 152 Å². The van der Waals surface area contributed by atoms with Gasteiger partial charge in [0.15, 0.2) is 17.7 Å². The molecule has 1 saturated heterocycles. The molecule has 27 heavy (non-hydrogen) atoms. The summed E-state index contributed by atoms with van der Waals surface area (Å²) in [7, 11) is 0. The molecule has 4 rings (SSSR count). The lowest BCUT2D eigenvalue weighted by atomic mass is 10.0. The number of aliphatic hydroxyl groups is 3. The average Bonchev–Trinajstić information content (AvgIpc) is 3.37. The molecule has 2 aromatic heterocycles. The van der Waals surface area contributed by atoms with Crippen LogP contribution in [0.25, 0.3) is 11.2 Å². The molecule has 2 aliphatic rings. The fourth-order valence-electron chi connectivity index (χ4n) is 4.00. The van der Waals surface area contributed by atoms with Crippen molar-refractivity contribution in [1.82, 2.24) is 19.5 Å². The molecule has 2 fully saturated rings. The third-order valence-electron chi connectivity index (χ3n) is 5.55. The highest BCUT2D eigenvalue weighted by molar-refractivity contribution is 5.83. The van der Waals surface area contributed by atoms with Crippen LogP contribution in [0.1, 0.15) is 38.3 Å². The molecule has 0 bridgehead atoms. The van der Waals surface area contributed by atoms with Crippen LogP contribution in [0.5, 0.6) is 0 Å². The summed E-state index contributed by atoms with van der Waals surface area (Å²) in [4.78, 5) is 12.9. The van der Waals surface area contributed by atoms with Crippen molar-refractivity contribution < 1.29 is 20.1 Å². The number of ether oxygens (including phenoxy) is 1. The predicted octanol–water partition coefficient (Wildman–Crippen LogP) is 0.0122. The van der Waals surface area contributed by atoms with E-state index in [2.05, 4.69) is 20.3 Å². The fraction of sp³-hybridized carbons (Fsp3) is 0.706. The maximum Gasteiger partial charge on any atom is 0.226 e. The molecule has 1 aliphatic carbocycles. The first-order valence-electron chi connectivity index (χ1n) is 9.45. The Morgan fingerprint density at radius 3 is 2.70 bits per heavy atom. The summed E-state index contributed by atoms with van der Waals surface area (Å²) in [5.41, 5.74) is 6.82. The Bertz CT molecular complexity index is 793. The molecule has 0 radical (unpaired) electrons. The van der Waals surface area contributed by atoms with Crippen molar-refractivity contribution in [2.75, 3.05) is 24.2 Å². The first-order valence-corrected chi connectivity index (χ1v) is 9.45. The van der Waals surface area contributed by atoms with Gasteiger partial charge in [-0.1, -0.05) is 25.7 Å². The van der Waals surface area contributed by atoms with Crippen LogP contribution in [-0.4, -0.2) is 66.3 Å². The number of anilines is 2. The highest BCUT2D eigenvalue weighted by Gasteiger charge is 2.44. The number of fused-ring (bicyclic) bond motifs is 1. The molecular formula is C17H26N6O4. The van der Waals surface area contributed by atoms with E-state index in [9.17, 15) is 15.3 Å². The molecule has 1 aliphatic heterocycles. The van der Waals surface area contributed by atoms with E-state index in [1.54, 1.807) is 0 Å². The standard InChI is InChI=1S/C17H26N6O4/c18-14-11-15(22-17(21-14)19-6-5-9-3-1-2-4-9)23(8-20-11)16-13(26)12(25)10(7-24)27-16/h8-10,12-13,16,24-26H,1-7H2,(H3,18,19,21,22)/t10-,12-,13-,16-/m1/s1. The van der Waals surface area contributed by atoms with E-state index in [1.807, 2.05) is 0 Å². The molecule has 4 atom stereocenters. The quantitative estimate of drug-likeness (QED) is 0.468. The second-order valence-electron chi connectivity index (χ2n) is 7.35. The minimum Gasteiger partial charge on any atom is -0.394 e. The fourth-order valence-corrected chi connectivity index (χ4v) is 4.00. The van der Waals surface area contributed by atoms with Gasteiger partial charge in [-0.15, -0.1) is 0 Å².